The molecular formula is C33H32FN7O5. The van der Waals surface area contributed by atoms with Crippen LogP contribution in [0.4, 0.5) is 21.6 Å². The predicted octanol–water partition coefficient (Wildman–Crippen LogP) is 5.94. The largest absolute Gasteiger partial charge is 0.492 e. The van der Waals surface area contributed by atoms with Crippen LogP contribution in [0.15, 0.2) is 77.5 Å². The topological polar surface area (TPSA) is 146 Å². The fraction of sp³-hybridized carbons (Fsp3) is 0.242. The number of amides is 1. The average molecular weight is 626 g/mol. The van der Waals surface area contributed by atoms with Gasteiger partial charge in [-0.1, -0.05) is 12.1 Å². The normalized spacial score (nSPS) is 14.5. The third kappa shape index (κ3) is 7.45. The van der Waals surface area contributed by atoms with Crippen molar-refractivity contribution in [1.29, 1.82) is 0 Å². The standard InChI is InChI=1S/C33H32FN7O5/c1-3-44-30-17-28-25(16-29(30)38-31(42)8-5-12-35-22-11-13-43-18-22)32(37-19-36-28)39-27-10-9-24(15-26(27)34)46-23-7-4-6-21(14-23)33-41-40-20(2)45-33/h4-10,14-17,19,22,35H,3,11-13,18H2,1-2H3,(H,38,42)(H,36,37,39)/b8-5+/t22-/m0/s1. The van der Waals surface area contributed by atoms with E-state index in [1.54, 1.807) is 55.5 Å². The predicted molar refractivity (Wildman–Crippen MR) is 170 cm³/mol. The van der Waals surface area contributed by atoms with Gasteiger partial charge in [-0.2, -0.15) is 0 Å². The summed E-state index contributed by atoms with van der Waals surface area (Å²) in [6, 6.07) is 15.2. The summed E-state index contributed by atoms with van der Waals surface area (Å²) in [4.78, 5) is 21.4. The van der Waals surface area contributed by atoms with E-state index in [1.807, 2.05) is 13.0 Å². The third-order valence-corrected chi connectivity index (χ3v) is 7.05. The van der Waals surface area contributed by atoms with Gasteiger partial charge in [0.05, 0.1) is 30.1 Å². The van der Waals surface area contributed by atoms with E-state index in [1.165, 1.54) is 18.5 Å². The number of nitrogens with one attached hydrogen (secondary N) is 3. The molecule has 46 heavy (non-hydrogen) atoms. The van der Waals surface area contributed by atoms with Gasteiger partial charge in [0, 0.05) is 55.3 Å². The van der Waals surface area contributed by atoms with Gasteiger partial charge in [-0.15, -0.1) is 10.2 Å². The highest BCUT2D eigenvalue weighted by molar-refractivity contribution is 6.03. The first-order valence-corrected chi connectivity index (χ1v) is 14.8. The minimum Gasteiger partial charge on any atom is -0.492 e. The first-order chi connectivity index (χ1) is 22.4. The van der Waals surface area contributed by atoms with Gasteiger partial charge in [0.25, 0.3) is 0 Å². The second-order valence-corrected chi connectivity index (χ2v) is 10.4. The van der Waals surface area contributed by atoms with Crippen molar-refractivity contribution < 1.29 is 27.8 Å². The third-order valence-electron chi connectivity index (χ3n) is 7.05. The number of carbonyl (C=O) groups excluding carboxylic acids is 1. The molecule has 12 nitrogen and oxygen atoms in total. The average Bonchev–Trinajstić information content (AvgIpc) is 3.73. The fourth-order valence-electron chi connectivity index (χ4n) is 4.86. The van der Waals surface area contributed by atoms with Gasteiger partial charge in [0.1, 0.15) is 35.2 Å². The number of ether oxygens (including phenoxy) is 3. The smallest absolute Gasteiger partial charge is 0.248 e. The maximum Gasteiger partial charge on any atom is 0.248 e. The molecule has 1 atom stereocenters. The molecular weight excluding hydrogens is 593 g/mol. The summed E-state index contributed by atoms with van der Waals surface area (Å²) < 4.78 is 37.9. The Morgan fingerprint density at radius 1 is 1.09 bits per heavy atom. The second-order valence-electron chi connectivity index (χ2n) is 10.4. The summed E-state index contributed by atoms with van der Waals surface area (Å²) in [6.45, 7) is 5.90. The molecule has 0 spiro atoms. The highest BCUT2D eigenvalue weighted by Crippen LogP contribution is 2.35. The van der Waals surface area contributed by atoms with Gasteiger partial charge >= 0.3 is 0 Å². The van der Waals surface area contributed by atoms with Gasteiger partial charge in [-0.25, -0.2) is 14.4 Å². The number of nitrogens with zero attached hydrogens (tertiary/aromatic N) is 4. The van der Waals surface area contributed by atoms with Gasteiger partial charge in [0.2, 0.25) is 17.7 Å². The Labute approximate surface area is 264 Å². The van der Waals surface area contributed by atoms with Crippen LogP contribution in [0, 0.1) is 12.7 Å². The van der Waals surface area contributed by atoms with E-state index in [-0.39, 0.29) is 11.6 Å². The summed E-state index contributed by atoms with van der Waals surface area (Å²) in [5.74, 6) is 1.49. The zero-order chi connectivity index (χ0) is 31.9. The van der Waals surface area contributed by atoms with E-state index in [0.29, 0.717) is 82.8 Å². The molecule has 3 aromatic carbocycles. The molecule has 0 aliphatic carbocycles. The molecule has 1 amide bonds. The summed E-state index contributed by atoms with van der Waals surface area (Å²) in [6.07, 6.45) is 5.54. The lowest BCUT2D eigenvalue weighted by atomic mass is 10.1. The van der Waals surface area contributed by atoms with E-state index in [2.05, 4.69) is 36.1 Å². The molecule has 13 heteroatoms. The molecule has 236 valence electrons. The van der Waals surface area contributed by atoms with Crippen LogP contribution in [0.25, 0.3) is 22.4 Å². The summed E-state index contributed by atoms with van der Waals surface area (Å²) in [7, 11) is 0. The summed E-state index contributed by atoms with van der Waals surface area (Å²) in [5, 5.41) is 17.7. The number of aromatic nitrogens is 4. The van der Waals surface area contributed by atoms with E-state index < -0.39 is 5.82 Å². The van der Waals surface area contributed by atoms with Crippen LogP contribution in [0.5, 0.6) is 17.2 Å². The fourth-order valence-corrected chi connectivity index (χ4v) is 4.86. The van der Waals surface area contributed by atoms with Crippen LogP contribution in [0.3, 0.4) is 0 Å². The molecule has 1 aliphatic rings. The highest BCUT2D eigenvalue weighted by Gasteiger charge is 2.16. The molecule has 1 aliphatic heterocycles. The van der Waals surface area contributed by atoms with Crippen molar-refractivity contribution in [3.8, 4) is 28.7 Å². The number of hydrogen-bond donors (Lipinski definition) is 3. The molecule has 0 bridgehead atoms. The quantitative estimate of drug-likeness (QED) is 0.142. The Balaban J connectivity index is 1.18. The number of aryl methyl sites for hydroxylation is 1. The van der Waals surface area contributed by atoms with Crippen LogP contribution in [0.2, 0.25) is 0 Å². The SMILES string of the molecule is CCOc1cc2ncnc(Nc3ccc(Oc4cccc(-c5nnc(C)o5)c4)cc3F)c2cc1NC(=O)/C=C/CN[C@H]1CCOC1. The Hall–Kier alpha value is -5.40. The molecule has 2 aromatic heterocycles. The lowest BCUT2D eigenvalue weighted by molar-refractivity contribution is -0.111. The number of fused-ring (bicyclic) bond motifs is 1. The molecule has 3 heterocycles. The number of rotatable bonds is 12. The molecule has 1 saturated heterocycles. The van der Waals surface area contributed by atoms with Gasteiger partial charge < -0.3 is 34.6 Å². The number of benzene rings is 3. The summed E-state index contributed by atoms with van der Waals surface area (Å²) >= 11 is 0. The van der Waals surface area contributed by atoms with Crippen molar-refractivity contribution in [2.75, 3.05) is 37.0 Å². The lowest BCUT2D eigenvalue weighted by Gasteiger charge is -2.15. The molecule has 0 saturated carbocycles. The molecule has 6 rings (SSSR count). The number of anilines is 3. The summed E-state index contributed by atoms with van der Waals surface area (Å²) in [5.41, 5.74) is 1.83. The van der Waals surface area contributed by atoms with Crippen molar-refractivity contribution >= 4 is 34.0 Å². The number of halogens is 1. The lowest BCUT2D eigenvalue weighted by Crippen LogP contribution is -2.29. The number of carbonyl (C=O) groups is 1. The minimum absolute atomic E-state index is 0.171. The van der Waals surface area contributed by atoms with E-state index in [0.717, 1.165) is 13.0 Å². The van der Waals surface area contributed by atoms with Crippen molar-refractivity contribution in [3.63, 3.8) is 0 Å². The number of hydrogen-bond acceptors (Lipinski definition) is 11. The Bertz CT molecular complexity index is 1870. The van der Waals surface area contributed by atoms with Crippen LogP contribution in [-0.4, -0.2) is 58.5 Å². The second kappa shape index (κ2) is 14.1. The van der Waals surface area contributed by atoms with Crippen LogP contribution < -0.4 is 25.4 Å². The maximum absolute atomic E-state index is 15.3. The molecule has 5 aromatic rings. The van der Waals surface area contributed by atoms with Crippen LogP contribution in [0.1, 0.15) is 19.2 Å². The van der Waals surface area contributed by atoms with Crippen LogP contribution in [-0.2, 0) is 9.53 Å². The van der Waals surface area contributed by atoms with Crippen LogP contribution >= 0.6 is 0 Å². The zero-order valence-electron chi connectivity index (χ0n) is 25.2. The molecule has 3 N–H and O–H groups in total. The Morgan fingerprint density at radius 3 is 2.76 bits per heavy atom. The van der Waals surface area contributed by atoms with Gasteiger partial charge in [-0.3, -0.25) is 4.79 Å². The van der Waals surface area contributed by atoms with E-state index in [4.69, 9.17) is 18.6 Å². The minimum atomic E-state index is -0.560. The Morgan fingerprint density at radius 2 is 1.98 bits per heavy atom. The molecule has 0 radical (unpaired) electrons. The van der Waals surface area contributed by atoms with Crippen molar-refractivity contribution in [2.24, 2.45) is 0 Å². The highest BCUT2D eigenvalue weighted by atomic mass is 19.1. The first kappa shape index (κ1) is 30.6. The van der Waals surface area contributed by atoms with E-state index >= 15 is 4.39 Å². The van der Waals surface area contributed by atoms with Crippen molar-refractivity contribution in [3.05, 3.63) is 84.8 Å². The monoisotopic (exact) mass is 625 g/mol. The van der Waals surface area contributed by atoms with Gasteiger partial charge in [-0.05, 0) is 49.7 Å². The van der Waals surface area contributed by atoms with Crippen molar-refractivity contribution in [1.82, 2.24) is 25.5 Å². The maximum atomic E-state index is 15.3. The van der Waals surface area contributed by atoms with E-state index in [9.17, 15) is 4.79 Å². The molecule has 0 unspecified atom stereocenters. The molecule has 1 fully saturated rings. The van der Waals surface area contributed by atoms with Gasteiger partial charge in [0.15, 0.2) is 0 Å². The Kier molecular flexibility index (Phi) is 9.41. The first-order valence-electron chi connectivity index (χ1n) is 14.8. The zero-order valence-corrected chi connectivity index (χ0v) is 25.2. The van der Waals surface area contributed by atoms with Crippen molar-refractivity contribution in [2.45, 2.75) is 26.3 Å².